The van der Waals surface area contributed by atoms with Crippen LogP contribution >= 0.6 is 0 Å². The van der Waals surface area contributed by atoms with Crippen LogP contribution in [0, 0.1) is 5.92 Å². The van der Waals surface area contributed by atoms with E-state index in [4.69, 9.17) is 5.11 Å². The molecular weight excluding hydrogens is 236 g/mol. The second-order valence-corrected chi connectivity index (χ2v) is 5.49. The quantitative estimate of drug-likeness (QED) is 0.427. The normalized spacial score (nSPS) is 14.5. The first-order valence-corrected chi connectivity index (χ1v) is 7.57. The number of hydrogen-bond acceptors (Lipinski definition) is 1. The van der Waals surface area contributed by atoms with E-state index in [-0.39, 0.29) is 0 Å². The van der Waals surface area contributed by atoms with Crippen molar-refractivity contribution in [3.05, 3.63) is 23.3 Å². The Morgan fingerprint density at radius 3 is 2.47 bits per heavy atom. The highest BCUT2D eigenvalue weighted by Crippen LogP contribution is 2.18. The van der Waals surface area contributed by atoms with Crippen LogP contribution in [-0.2, 0) is 4.79 Å². The van der Waals surface area contributed by atoms with Crippen molar-refractivity contribution < 1.29 is 9.90 Å². The molecule has 19 heavy (non-hydrogen) atoms. The number of carboxylic acid groups (broad SMARTS) is 1. The number of carboxylic acids is 1. The van der Waals surface area contributed by atoms with Crippen LogP contribution in [0.5, 0.6) is 0 Å². The Bertz CT molecular complexity index is 313. The molecule has 110 valence electrons. The van der Waals surface area contributed by atoms with E-state index in [9.17, 15) is 4.79 Å². The Kier molecular flexibility index (Phi) is 10.2. The predicted molar refractivity (Wildman–Crippen MR) is 82.3 cm³/mol. The van der Waals surface area contributed by atoms with Crippen molar-refractivity contribution in [3.8, 4) is 0 Å². The molecule has 0 heterocycles. The second-order valence-electron chi connectivity index (χ2n) is 5.49. The molecule has 0 radical (unpaired) electrons. The fourth-order valence-electron chi connectivity index (χ4n) is 2.09. The van der Waals surface area contributed by atoms with E-state index in [2.05, 4.69) is 26.8 Å². The lowest BCUT2D eigenvalue weighted by Crippen LogP contribution is -1.93. The predicted octanol–water partition coefficient (Wildman–Crippen LogP) is 5.35. The maximum absolute atomic E-state index is 10.5. The number of aliphatic carboxylic acids is 1. The molecular formula is C17H30O2. The first-order chi connectivity index (χ1) is 8.99. The second kappa shape index (κ2) is 10.8. The van der Waals surface area contributed by atoms with Crippen LogP contribution in [0.1, 0.15) is 72.6 Å². The van der Waals surface area contributed by atoms with Gasteiger partial charge in [0.2, 0.25) is 0 Å². The zero-order chi connectivity index (χ0) is 14.7. The van der Waals surface area contributed by atoms with E-state index in [0.717, 1.165) is 30.8 Å². The molecule has 0 aliphatic heterocycles. The topological polar surface area (TPSA) is 37.3 Å². The van der Waals surface area contributed by atoms with E-state index in [0.29, 0.717) is 0 Å². The van der Waals surface area contributed by atoms with Gasteiger partial charge in [-0.25, -0.2) is 4.79 Å². The van der Waals surface area contributed by atoms with Crippen LogP contribution in [0.15, 0.2) is 23.3 Å². The van der Waals surface area contributed by atoms with Crippen molar-refractivity contribution in [2.75, 3.05) is 0 Å². The third-order valence-electron chi connectivity index (χ3n) is 3.69. The molecule has 0 amide bonds. The van der Waals surface area contributed by atoms with E-state index in [1.54, 1.807) is 0 Å². The maximum Gasteiger partial charge on any atom is 0.328 e. The first kappa shape index (κ1) is 17.9. The number of hydrogen-bond donors (Lipinski definition) is 1. The molecule has 1 unspecified atom stereocenters. The fourth-order valence-corrected chi connectivity index (χ4v) is 2.09. The lowest BCUT2D eigenvalue weighted by atomic mass is 9.97. The Morgan fingerprint density at radius 2 is 1.95 bits per heavy atom. The van der Waals surface area contributed by atoms with Gasteiger partial charge in [-0.15, -0.1) is 0 Å². The molecule has 0 spiro atoms. The summed E-state index contributed by atoms with van der Waals surface area (Å²) >= 11 is 0. The summed E-state index contributed by atoms with van der Waals surface area (Å²) in [6, 6.07) is 0. The SMILES string of the molecule is CCC(=CCCC(C)=CC(=O)O)CCCC(C)CC. The van der Waals surface area contributed by atoms with Gasteiger partial charge >= 0.3 is 5.97 Å². The van der Waals surface area contributed by atoms with Crippen LogP contribution in [0.25, 0.3) is 0 Å². The standard InChI is InChI=1S/C17H30O2/c1-5-14(3)9-7-11-16(6-2)12-8-10-15(4)13-17(18)19/h12-14H,5-11H2,1-4H3,(H,18,19). The third-order valence-corrected chi connectivity index (χ3v) is 3.69. The van der Waals surface area contributed by atoms with Crippen LogP contribution in [-0.4, -0.2) is 11.1 Å². The Labute approximate surface area is 118 Å². The van der Waals surface area contributed by atoms with Crippen molar-refractivity contribution in [1.82, 2.24) is 0 Å². The average molecular weight is 266 g/mol. The molecule has 0 fully saturated rings. The summed E-state index contributed by atoms with van der Waals surface area (Å²) in [5, 5.41) is 8.64. The molecule has 1 N–H and O–H groups in total. The molecule has 0 aromatic heterocycles. The van der Waals surface area contributed by atoms with Gasteiger partial charge in [0.1, 0.15) is 0 Å². The Hall–Kier alpha value is -1.05. The Balaban J connectivity index is 4.02. The third kappa shape index (κ3) is 10.5. The molecule has 0 rings (SSSR count). The molecule has 0 aromatic carbocycles. The first-order valence-electron chi connectivity index (χ1n) is 7.57. The molecule has 0 saturated carbocycles. The van der Waals surface area contributed by atoms with Crippen molar-refractivity contribution in [2.45, 2.75) is 72.6 Å². The largest absolute Gasteiger partial charge is 0.478 e. The summed E-state index contributed by atoms with van der Waals surface area (Å²) in [6.45, 7) is 8.65. The summed E-state index contributed by atoms with van der Waals surface area (Å²) in [4.78, 5) is 10.5. The monoisotopic (exact) mass is 266 g/mol. The van der Waals surface area contributed by atoms with E-state index >= 15 is 0 Å². The lowest BCUT2D eigenvalue weighted by molar-refractivity contribution is -0.131. The summed E-state index contributed by atoms with van der Waals surface area (Å²) in [6.07, 6.45) is 11.6. The highest BCUT2D eigenvalue weighted by Gasteiger charge is 2.00. The number of carbonyl (C=O) groups is 1. The molecule has 0 saturated heterocycles. The highest BCUT2D eigenvalue weighted by atomic mass is 16.4. The number of rotatable bonds is 10. The summed E-state index contributed by atoms with van der Waals surface area (Å²) < 4.78 is 0. The molecule has 2 nitrogen and oxygen atoms in total. The zero-order valence-corrected chi connectivity index (χ0v) is 13.0. The molecule has 0 bridgehead atoms. The molecule has 2 heteroatoms. The van der Waals surface area contributed by atoms with E-state index < -0.39 is 5.97 Å². The van der Waals surface area contributed by atoms with Crippen molar-refractivity contribution >= 4 is 5.97 Å². The van der Waals surface area contributed by atoms with Gasteiger partial charge in [-0.3, -0.25) is 0 Å². The molecule has 0 aliphatic rings. The minimum absolute atomic E-state index is 0.832. The van der Waals surface area contributed by atoms with Gasteiger partial charge in [0.15, 0.2) is 0 Å². The van der Waals surface area contributed by atoms with Gasteiger partial charge < -0.3 is 5.11 Å². The van der Waals surface area contributed by atoms with Gasteiger partial charge in [0.25, 0.3) is 0 Å². The number of allylic oxidation sites excluding steroid dienone is 3. The smallest absolute Gasteiger partial charge is 0.328 e. The van der Waals surface area contributed by atoms with Gasteiger partial charge in [-0.1, -0.05) is 50.8 Å². The minimum Gasteiger partial charge on any atom is -0.478 e. The lowest BCUT2D eigenvalue weighted by Gasteiger charge is -2.09. The van der Waals surface area contributed by atoms with Crippen LogP contribution in [0.2, 0.25) is 0 Å². The molecule has 0 aromatic rings. The van der Waals surface area contributed by atoms with Crippen LogP contribution in [0.4, 0.5) is 0 Å². The molecule has 1 atom stereocenters. The summed E-state index contributed by atoms with van der Waals surface area (Å²) in [5.41, 5.74) is 2.46. The van der Waals surface area contributed by atoms with E-state index in [1.165, 1.54) is 37.3 Å². The Morgan fingerprint density at radius 1 is 1.26 bits per heavy atom. The minimum atomic E-state index is -0.842. The van der Waals surface area contributed by atoms with Gasteiger partial charge in [-0.05, 0) is 44.9 Å². The average Bonchev–Trinajstić information content (AvgIpc) is 2.35. The van der Waals surface area contributed by atoms with E-state index in [1.807, 2.05) is 6.92 Å². The van der Waals surface area contributed by atoms with Gasteiger partial charge in [-0.2, -0.15) is 0 Å². The van der Waals surface area contributed by atoms with Crippen LogP contribution in [0.3, 0.4) is 0 Å². The summed E-state index contributed by atoms with van der Waals surface area (Å²) in [7, 11) is 0. The van der Waals surface area contributed by atoms with Crippen molar-refractivity contribution in [1.29, 1.82) is 0 Å². The van der Waals surface area contributed by atoms with Gasteiger partial charge in [0.05, 0.1) is 0 Å². The fraction of sp³-hybridized carbons (Fsp3) is 0.706. The highest BCUT2D eigenvalue weighted by molar-refractivity contribution is 5.80. The maximum atomic E-state index is 10.5. The van der Waals surface area contributed by atoms with Crippen LogP contribution < -0.4 is 0 Å². The van der Waals surface area contributed by atoms with Gasteiger partial charge in [0, 0.05) is 6.08 Å². The molecule has 0 aliphatic carbocycles. The van der Waals surface area contributed by atoms with Crippen molar-refractivity contribution in [3.63, 3.8) is 0 Å². The zero-order valence-electron chi connectivity index (χ0n) is 13.0. The van der Waals surface area contributed by atoms with Crippen molar-refractivity contribution in [2.24, 2.45) is 5.92 Å². The summed E-state index contributed by atoms with van der Waals surface area (Å²) in [5.74, 6) is -0.00963.